The minimum absolute atomic E-state index is 0.163. The number of halogens is 1. The number of thioether (sulfide) groups is 1. The average molecular weight is 337 g/mol. The number of benzene rings is 1. The number of carbonyl (C=O) groups excluding carboxylic acids is 1. The van der Waals surface area contributed by atoms with E-state index in [9.17, 15) is 9.18 Å². The summed E-state index contributed by atoms with van der Waals surface area (Å²) in [5.41, 5.74) is 0.445. The third-order valence-electron chi connectivity index (χ3n) is 3.21. The van der Waals surface area contributed by atoms with E-state index in [0.717, 1.165) is 12.8 Å². The maximum absolute atomic E-state index is 13.2. The molecule has 0 saturated heterocycles. The van der Waals surface area contributed by atoms with E-state index in [0.29, 0.717) is 29.2 Å². The second-order valence-electron chi connectivity index (χ2n) is 5.05. The highest BCUT2D eigenvalue weighted by molar-refractivity contribution is 7.99. The number of aromatic nitrogens is 4. The highest BCUT2D eigenvalue weighted by atomic mass is 32.2. The molecule has 1 aromatic heterocycles. The van der Waals surface area contributed by atoms with Crippen LogP contribution in [0.25, 0.3) is 0 Å². The van der Waals surface area contributed by atoms with Crippen LogP contribution in [0.3, 0.4) is 0 Å². The Bertz CT molecular complexity index is 704. The fraction of sp³-hybridized carbons (Fsp3) is 0.429. The predicted molar refractivity (Wildman–Crippen MR) is 83.0 cm³/mol. The maximum Gasteiger partial charge on any atom is 0.234 e. The monoisotopic (exact) mass is 337 g/mol. The Hall–Kier alpha value is -2.16. The predicted octanol–water partition coefficient (Wildman–Crippen LogP) is 2.28. The van der Waals surface area contributed by atoms with Gasteiger partial charge in [-0.25, -0.2) is 9.07 Å². The number of hydrogen-bond donors (Lipinski definition) is 1. The zero-order valence-electron chi connectivity index (χ0n) is 12.5. The Kier molecular flexibility index (Phi) is 4.75. The number of anilines is 1. The number of nitrogens with zero attached hydrogens (tertiary/aromatic N) is 4. The number of carbonyl (C=O) groups is 1. The number of rotatable bonds is 7. The summed E-state index contributed by atoms with van der Waals surface area (Å²) in [6.45, 7) is 2.18. The summed E-state index contributed by atoms with van der Waals surface area (Å²) in [6.07, 6.45) is 2.14. The molecule has 0 unspecified atom stereocenters. The van der Waals surface area contributed by atoms with Gasteiger partial charge in [0.15, 0.2) is 0 Å². The number of hydrogen-bond acceptors (Lipinski definition) is 6. The van der Waals surface area contributed by atoms with Crippen molar-refractivity contribution < 1.29 is 13.9 Å². The Morgan fingerprint density at radius 2 is 2.35 bits per heavy atom. The normalized spacial score (nSPS) is 13.8. The Morgan fingerprint density at radius 1 is 1.52 bits per heavy atom. The Balaban J connectivity index is 1.60. The van der Waals surface area contributed by atoms with Gasteiger partial charge in [-0.15, -0.1) is 5.10 Å². The minimum atomic E-state index is -0.413. The van der Waals surface area contributed by atoms with Crippen molar-refractivity contribution in [3.63, 3.8) is 0 Å². The van der Waals surface area contributed by atoms with Gasteiger partial charge in [-0.3, -0.25) is 4.79 Å². The zero-order chi connectivity index (χ0) is 16.2. The van der Waals surface area contributed by atoms with Crippen LogP contribution in [0.2, 0.25) is 0 Å². The lowest BCUT2D eigenvalue weighted by molar-refractivity contribution is -0.113. The molecule has 0 spiro atoms. The molecule has 1 saturated carbocycles. The molecule has 0 bridgehead atoms. The lowest BCUT2D eigenvalue weighted by Gasteiger charge is -2.11. The summed E-state index contributed by atoms with van der Waals surface area (Å²) < 4.78 is 20.3. The van der Waals surface area contributed by atoms with Gasteiger partial charge in [0.2, 0.25) is 11.1 Å². The van der Waals surface area contributed by atoms with Crippen LogP contribution < -0.4 is 10.1 Å². The molecule has 0 radical (unpaired) electrons. The van der Waals surface area contributed by atoms with E-state index in [-0.39, 0.29) is 11.7 Å². The molecular formula is C14H16FN5O2S. The van der Waals surface area contributed by atoms with Crippen molar-refractivity contribution in [2.45, 2.75) is 31.0 Å². The SMILES string of the molecule is CCOc1cc(F)ccc1NC(=O)CSc1nnnn1C1CC1. The van der Waals surface area contributed by atoms with E-state index in [1.165, 1.54) is 30.0 Å². The van der Waals surface area contributed by atoms with Gasteiger partial charge in [0, 0.05) is 6.07 Å². The number of nitrogens with one attached hydrogen (secondary N) is 1. The number of tetrazole rings is 1. The summed E-state index contributed by atoms with van der Waals surface area (Å²) in [5, 5.41) is 14.8. The van der Waals surface area contributed by atoms with E-state index >= 15 is 0 Å². The van der Waals surface area contributed by atoms with Gasteiger partial charge in [-0.2, -0.15) is 0 Å². The van der Waals surface area contributed by atoms with Crippen LogP contribution in [0.15, 0.2) is 23.4 Å². The number of ether oxygens (including phenoxy) is 1. The van der Waals surface area contributed by atoms with Gasteiger partial charge in [0.25, 0.3) is 0 Å². The second-order valence-corrected chi connectivity index (χ2v) is 5.99. The summed E-state index contributed by atoms with van der Waals surface area (Å²) in [5.74, 6) is -0.165. The lowest BCUT2D eigenvalue weighted by atomic mass is 10.3. The molecule has 7 nitrogen and oxygen atoms in total. The molecule has 3 rings (SSSR count). The minimum Gasteiger partial charge on any atom is -0.492 e. The summed E-state index contributed by atoms with van der Waals surface area (Å²) in [6, 6.07) is 4.37. The first-order valence-electron chi connectivity index (χ1n) is 7.30. The van der Waals surface area contributed by atoms with Crippen molar-refractivity contribution in [3.8, 4) is 5.75 Å². The smallest absolute Gasteiger partial charge is 0.234 e. The van der Waals surface area contributed by atoms with Crippen LogP contribution in [0.1, 0.15) is 25.8 Å². The molecule has 23 heavy (non-hydrogen) atoms. The van der Waals surface area contributed by atoms with Crippen molar-refractivity contribution in [1.29, 1.82) is 0 Å². The molecule has 0 aliphatic heterocycles. The number of amides is 1. The van der Waals surface area contributed by atoms with Crippen LogP contribution in [0.5, 0.6) is 5.75 Å². The highest BCUT2D eigenvalue weighted by Gasteiger charge is 2.28. The third-order valence-corrected chi connectivity index (χ3v) is 4.14. The van der Waals surface area contributed by atoms with E-state index in [2.05, 4.69) is 20.8 Å². The topological polar surface area (TPSA) is 81.9 Å². The molecule has 1 aliphatic carbocycles. The van der Waals surface area contributed by atoms with Crippen LogP contribution in [0.4, 0.5) is 10.1 Å². The van der Waals surface area contributed by atoms with Gasteiger partial charge >= 0.3 is 0 Å². The van der Waals surface area contributed by atoms with Crippen molar-refractivity contribution in [3.05, 3.63) is 24.0 Å². The van der Waals surface area contributed by atoms with Gasteiger partial charge in [0.1, 0.15) is 11.6 Å². The second kappa shape index (κ2) is 6.95. The average Bonchev–Trinajstić information content (AvgIpc) is 3.27. The van der Waals surface area contributed by atoms with Crippen LogP contribution in [0, 0.1) is 5.82 Å². The van der Waals surface area contributed by atoms with Crippen LogP contribution >= 0.6 is 11.8 Å². The molecular weight excluding hydrogens is 321 g/mol. The molecule has 1 amide bonds. The maximum atomic E-state index is 13.2. The molecule has 9 heteroatoms. The molecule has 0 atom stereocenters. The largest absolute Gasteiger partial charge is 0.492 e. The first-order chi connectivity index (χ1) is 11.2. The molecule has 1 aromatic carbocycles. The third kappa shape index (κ3) is 3.98. The molecule has 2 aromatic rings. The quantitative estimate of drug-likeness (QED) is 0.781. The summed E-state index contributed by atoms with van der Waals surface area (Å²) in [4.78, 5) is 12.1. The summed E-state index contributed by atoms with van der Waals surface area (Å²) >= 11 is 1.27. The van der Waals surface area contributed by atoms with E-state index in [1.807, 2.05) is 0 Å². The molecule has 1 aliphatic rings. The first kappa shape index (κ1) is 15.7. The van der Waals surface area contributed by atoms with Crippen molar-refractivity contribution >= 4 is 23.4 Å². The van der Waals surface area contributed by atoms with Gasteiger partial charge in [0.05, 0.1) is 24.1 Å². The van der Waals surface area contributed by atoms with Gasteiger partial charge in [-0.1, -0.05) is 11.8 Å². The van der Waals surface area contributed by atoms with Gasteiger partial charge < -0.3 is 10.1 Å². The van der Waals surface area contributed by atoms with Crippen molar-refractivity contribution in [2.75, 3.05) is 17.7 Å². The van der Waals surface area contributed by atoms with Crippen molar-refractivity contribution in [2.24, 2.45) is 0 Å². The van der Waals surface area contributed by atoms with Crippen LogP contribution in [-0.2, 0) is 4.79 Å². The lowest BCUT2D eigenvalue weighted by Crippen LogP contribution is -2.15. The zero-order valence-corrected chi connectivity index (χ0v) is 13.3. The highest BCUT2D eigenvalue weighted by Crippen LogP contribution is 2.36. The molecule has 1 N–H and O–H groups in total. The fourth-order valence-corrected chi connectivity index (χ4v) is 2.76. The van der Waals surface area contributed by atoms with E-state index in [1.54, 1.807) is 11.6 Å². The van der Waals surface area contributed by atoms with E-state index < -0.39 is 5.82 Å². The van der Waals surface area contributed by atoms with E-state index in [4.69, 9.17) is 4.74 Å². The van der Waals surface area contributed by atoms with Crippen molar-refractivity contribution in [1.82, 2.24) is 20.2 Å². The summed E-state index contributed by atoms with van der Waals surface area (Å²) in [7, 11) is 0. The first-order valence-corrected chi connectivity index (χ1v) is 8.28. The molecule has 1 heterocycles. The molecule has 122 valence electrons. The Labute approximate surface area is 136 Å². The van der Waals surface area contributed by atoms with Crippen LogP contribution in [-0.4, -0.2) is 38.5 Å². The Morgan fingerprint density at radius 3 is 3.09 bits per heavy atom. The van der Waals surface area contributed by atoms with Gasteiger partial charge in [-0.05, 0) is 42.3 Å². The fourth-order valence-electron chi connectivity index (χ4n) is 2.02. The standard InChI is InChI=1S/C14H16FN5O2S/c1-2-22-12-7-9(15)3-6-11(12)16-13(21)8-23-14-17-18-19-20(14)10-4-5-10/h3,6-7,10H,2,4-5,8H2,1H3,(H,16,21). The molecule has 1 fully saturated rings.